The Morgan fingerprint density at radius 2 is 2.05 bits per heavy atom. The summed E-state index contributed by atoms with van der Waals surface area (Å²) in [5.41, 5.74) is 0. The van der Waals surface area contributed by atoms with Gasteiger partial charge in [-0.1, -0.05) is 29.6 Å². The van der Waals surface area contributed by atoms with Gasteiger partial charge in [-0.2, -0.15) is 0 Å². The number of piperidine rings is 1. The Kier molecular flexibility index (Phi) is 4.48. The van der Waals surface area contributed by atoms with Crippen LogP contribution in [0.15, 0.2) is 6.07 Å². The van der Waals surface area contributed by atoms with Crippen LogP contribution in [-0.4, -0.2) is 48.6 Å². The number of anilines is 2. The smallest absolute Gasteiger partial charge is 0.150 e. The number of aromatic nitrogens is 1. The van der Waals surface area contributed by atoms with Crippen molar-refractivity contribution in [1.29, 1.82) is 0 Å². The van der Waals surface area contributed by atoms with Crippen LogP contribution in [0, 0.1) is 0 Å². The molecule has 2 aliphatic heterocycles. The van der Waals surface area contributed by atoms with Crippen LogP contribution >= 0.6 is 23.2 Å². The summed E-state index contributed by atoms with van der Waals surface area (Å²) < 4.78 is 0. The summed E-state index contributed by atoms with van der Waals surface area (Å²) in [6.45, 7) is 5.56. The predicted molar refractivity (Wildman–Crippen MR) is 89.8 cm³/mol. The second-order valence-corrected chi connectivity index (χ2v) is 6.83. The fourth-order valence-corrected chi connectivity index (χ4v) is 4.04. The second kappa shape index (κ2) is 6.19. The van der Waals surface area contributed by atoms with Crippen LogP contribution in [0.2, 0.25) is 10.0 Å². The third-order valence-corrected chi connectivity index (χ3v) is 5.17. The van der Waals surface area contributed by atoms with Gasteiger partial charge in [0.05, 0.1) is 10.0 Å². The van der Waals surface area contributed by atoms with E-state index >= 15 is 0 Å². The Morgan fingerprint density at radius 1 is 1.24 bits per heavy atom. The van der Waals surface area contributed by atoms with Gasteiger partial charge in [-0.15, -0.1) is 0 Å². The van der Waals surface area contributed by atoms with Gasteiger partial charge in [-0.3, -0.25) is 4.90 Å². The summed E-state index contributed by atoms with van der Waals surface area (Å²) in [7, 11) is 1.83. The molecule has 1 aromatic rings. The monoisotopic (exact) mass is 328 g/mol. The van der Waals surface area contributed by atoms with Crippen molar-refractivity contribution in [2.75, 3.05) is 36.9 Å². The van der Waals surface area contributed by atoms with E-state index in [1.165, 1.54) is 25.8 Å². The van der Waals surface area contributed by atoms with E-state index in [0.717, 1.165) is 18.9 Å². The van der Waals surface area contributed by atoms with Crippen molar-refractivity contribution in [3.63, 3.8) is 0 Å². The van der Waals surface area contributed by atoms with Gasteiger partial charge >= 0.3 is 0 Å². The van der Waals surface area contributed by atoms with Gasteiger partial charge < -0.3 is 10.2 Å². The number of halogens is 2. The van der Waals surface area contributed by atoms with Crippen LogP contribution in [0.3, 0.4) is 0 Å². The van der Waals surface area contributed by atoms with Crippen LogP contribution in [0.4, 0.5) is 11.6 Å². The van der Waals surface area contributed by atoms with E-state index in [4.69, 9.17) is 23.2 Å². The highest BCUT2D eigenvalue weighted by atomic mass is 35.5. The fraction of sp³-hybridized carbons (Fsp3) is 0.667. The largest absolute Gasteiger partial charge is 0.372 e. The summed E-state index contributed by atoms with van der Waals surface area (Å²) in [5, 5.41) is 4.23. The average Bonchev–Trinajstić information content (AvgIpc) is 2.47. The molecule has 2 atom stereocenters. The van der Waals surface area contributed by atoms with E-state index in [9.17, 15) is 0 Å². The van der Waals surface area contributed by atoms with Crippen molar-refractivity contribution in [3.8, 4) is 0 Å². The lowest BCUT2D eigenvalue weighted by Crippen LogP contribution is -2.59. The average molecular weight is 329 g/mol. The molecule has 2 unspecified atom stereocenters. The molecular formula is C15H22Cl2N4. The lowest BCUT2D eigenvalue weighted by Gasteiger charge is -2.48. The van der Waals surface area contributed by atoms with Gasteiger partial charge in [-0.05, 0) is 32.4 Å². The number of piperazine rings is 1. The molecule has 0 aliphatic carbocycles. The molecule has 0 bridgehead atoms. The summed E-state index contributed by atoms with van der Waals surface area (Å²) in [4.78, 5) is 9.59. The van der Waals surface area contributed by atoms with Gasteiger partial charge in [-0.25, -0.2) is 4.98 Å². The molecule has 21 heavy (non-hydrogen) atoms. The molecule has 0 spiro atoms. The first kappa shape index (κ1) is 15.2. The summed E-state index contributed by atoms with van der Waals surface area (Å²) in [6.07, 6.45) is 3.92. The molecule has 0 amide bonds. The topological polar surface area (TPSA) is 31.4 Å². The van der Waals surface area contributed by atoms with Crippen molar-refractivity contribution in [2.45, 2.75) is 38.3 Å². The van der Waals surface area contributed by atoms with E-state index in [-0.39, 0.29) is 0 Å². The lowest BCUT2D eigenvalue weighted by atomic mass is 9.97. The van der Waals surface area contributed by atoms with Crippen molar-refractivity contribution < 1.29 is 0 Å². The standard InChI is InChI=1S/C15H22Cl2N4/c1-10-8-20-6-4-3-5-11(20)9-21(10)15-13(17)7-12(16)14(18-2)19-15/h7,10-11H,3-6,8-9H2,1-2H3,(H,18,19). The number of nitrogens with one attached hydrogen (secondary N) is 1. The molecule has 3 rings (SSSR count). The molecular weight excluding hydrogens is 307 g/mol. The van der Waals surface area contributed by atoms with E-state index in [2.05, 4.69) is 27.0 Å². The Bertz CT molecular complexity index is 523. The van der Waals surface area contributed by atoms with Crippen molar-refractivity contribution in [3.05, 3.63) is 16.1 Å². The van der Waals surface area contributed by atoms with Crippen molar-refractivity contribution >= 4 is 34.8 Å². The minimum atomic E-state index is 0.412. The molecule has 4 nitrogen and oxygen atoms in total. The van der Waals surface area contributed by atoms with Crippen LogP contribution in [-0.2, 0) is 0 Å². The van der Waals surface area contributed by atoms with Crippen LogP contribution in [0.1, 0.15) is 26.2 Å². The van der Waals surface area contributed by atoms with Gasteiger partial charge in [0.1, 0.15) is 11.6 Å². The molecule has 3 heterocycles. The molecule has 116 valence electrons. The molecule has 0 saturated carbocycles. The summed E-state index contributed by atoms with van der Waals surface area (Å²) in [6, 6.07) is 2.83. The molecule has 0 aromatic carbocycles. The highest BCUT2D eigenvalue weighted by molar-refractivity contribution is 6.37. The normalized spacial score (nSPS) is 26.6. The first-order valence-electron chi connectivity index (χ1n) is 7.64. The number of hydrogen-bond acceptors (Lipinski definition) is 4. The quantitative estimate of drug-likeness (QED) is 0.900. The summed E-state index contributed by atoms with van der Waals surface area (Å²) in [5.74, 6) is 1.54. The predicted octanol–water partition coefficient (Wildman–Crippen LogP) is 3.49. The maximum Gasteiger partial charge on any atom is 0.150 e. The molecule has 1 N–H and O–H groups in total. The zero-order chi connectivity index (χ0) is 15.0. The molecule has 0 radical (unpaired) electrons. The Morgan fingerprint density at radius 3 is 2.81 bits per heavy atom. The number of pyridine rings is 1. The van der Waals surface area contributed by atoms with Crippen molar-refractivity contribution in [2.24, 2.45) is 0 Å². The Hall–Kier alpha value is -0.710. The van der Waals surface area contributed by atoms with Gasteiger partial charge in [0.15, 0.2) is 0 Å². The van der Waals surface area contributed by atoms with Crippen LogP contribution in [0.25, 0.3) is 0 Å². The van der Waals surface area contributed by atoms with E-state index in [1.807, 2.05) is 7.05 Å². The number of hydrogen-bond donors (Lipinski definition) is 1. The van der Waals surface area contributed by atoms with E-state index in [1.54, 1.807) is 6.07 Å². The third-order valence-electron chi connectivity index (χ3n) is 4.61. The highest BCUT2D eigenvalue weighted by Gasteiger charge is 2.34. The van der Waals surface area contributed by atoms with Gasteiger partial charge in [0.2, 0.25) is 0 Å². The molecule has 2 fully saturated rings. The van der Waals surface area contributed by atoms with Crippen LogP contribution < -0.4 is 10.2 Å². The van der Waals surface area contributed by atoms with Crippen molar-refractivity contribution in [1.82, 2.24) is 9.88 Å². The maximum atomic E-state index is 6.40. The SMILES string of the molecule is CNc1nc(N2CC3CCCCN3CC2C)c(Cl)cc1Cl. The molecule has 2 saturated heterocycles. The minimum absolute atomic E-state index is 0.412. The van der Waals surface area contributed by atoms with E-state index < -0.39 is 0 Å². The zero-order valence-corrected chi connectivity index (χ0v) is 14.1. The maximum absolute atomic E-state index is 6.40. The van der Waals surface area contributed by atoms with Gasteiger partial charge in [0, 0.05) is 32.2 Å². The molecule has 2 aliphatic rings. The highest BCUT2D eigenvalue weighted by Crippen LogP contribution is 2.35. The Balaban J connectivity index is 1.88. The van der Waals surface area contributed by atoms with Gasteiger partial charge in [0.25, 0.3) is 0 Å². The first-order valence-corrected chi connectivity index (χ1v) is 8.40. The van der Waals surface area contributed by atoms with E-state index in [0.29, 0.717) is 27.9 Å². The zero-order valence-electron chi connectivity index (χ0n) is 12.6. The molecule has 1 aromatic heterocycles. The third kappa shape index (κ3) is 2.94. The second-order valence-electron chi connectivity index (χ2n) is 6.02. The minimum Gasteiger partial charge on any atom is -0.372 e. The fourth-order valence-electron chi connectivity index (χ4n) is 3.48. The Labute approximate surface area is 136 Å². The number of rotatable bonds is 2. The lowest BCUT2D eigenvalue weighted by molar-refractivity contribution is 0.115. The first-order chi connectivity index (χ1) is 10.1. The number of fused-ring (bicyclic) bond motifs is 1. The summed E-state index contributed by atoms with van der Waals surface area (Å²) >= 11 is 12.6. The number of nitrogens with zero attached hydrogens (tertiary/aromatic N) is 3. The molecule has 6 heteroatoms. The van der Waals surface area contributed by atoms with Crippen LogP contribution in [0.5, 0.6) is 0 Å².